The third-order valence-electron chi connectivity index (χ3n) is 19.9. The van der Waals surface area contributed by atoms with Gasteiger partial charge in [0.05, 0.1) is 31.8 Å². The van der Waals surface area contributed by atoms with E-state index >= 15 is 0 Å². The number of likely N-dealkylation sites (tertiary alicyclic amines) is 5. The molecule has 0 aromatic rings. The van der Waals surface area contributed by atoms with Crippen molar-refractivity contribution >= 4 is 18.3 Å². The third-order valence-corrected chi connectivity index (χ3v) is 19.9. The molecule has 0 aromatic heterocycles. The van der Waals surface area contributed by atoms with Crippen molar-refractivity contribution in [2.45, 2.75) is 296 Å². The van der Waals surface area contributed by atoms with Crippen LogP contribution < -0.4 is 0 Å². The second-order valence-corrected chi connectivity index (χ2v) is 30.1. The number of piperidine rings is 2. The number of nitrogens with zero attached hydrogens (tertiary/aromatic N) is 9. The fraction of sp³-hybridized carbons (Fsp3) is 0.962. The highest BCUT2D eigenvalue weighted by molar-refractivity contribution is 5.73. The summed E-state index contributed by atoms with van der Waals surface area (Å²) in [6, 6.07) is 2.08. The van der Waals surface area contributed by atoms with E-state index in [1.807, 2.05) is 58.5 Å². The van der Waals surface area contributed by atoms with Gasteiger partial charge < -0.3 is 69.1 Å². The Morgan fingerprint density at radius 2 is 1.02 bits per heavy atom. The maximum absolute atomic E-state index is 10.8. The predicted octanol–water partition coefficient (Wildman–Crippen LogP) is 13.3. The normalized spacial score (nSPS) is 23.5. The van der Waals surface area contributed by atoms with Crippen molar-refractivity contribution in [2.24, 2.45) is 35.5 Å². The first-order valence-corrected chi connectivity index (χ1v) is 39.3. The minimum Gasteiger partial charge on any atom is -0.469 e. The van der Waals surface area contributed by atoms with Crippen molar-refractivity contribution in [2.75, 3.05) is 168 Å². The molecule has 0 spiro atoms. The van der Waals surface area contributed by atoms with Crippen molar-refractivity contribution in [3.8, 4) is 0 Å². The molecule has 7 aliphatic heterocycles. The lowest BCUT2D eigenvalue weighted by molar-refractivity contribution is -0.145. The van der Waals surface area contributed by atoms with Crippen LogP contribution in [0, 0.1) is 35.5 Å². The Hall–Kier alpha value is -2.07. The quantitative estimate of drug-likeness (QED) is 0.0897. The van der Waals surface area contributed by atoms with E-state index in [1.165, 1.54) is 149 Å². The summed E-state index contributed by atoms with van der Waals surface area (Å²) in [7, 11) is 18.3. The lowest BCUT2D eigenvalue weighted by Gasteiger charge is -2.35. The molecule has 7 saturated heterocycles. The SMILES string of the molecule is CC(=O)N1CCN(C)CC1.CC1CCCC(C)N1C.CC1CCN(C)CC1.CCC(C)C(=O)OC.CCC(C)C(C)O.CCC(C)CO.CCCC(C)C.CCCC1CC1.CCCCC.CN1CCC(O)C1.CN1CCCC1CO.CN1CCCC1OC=O.CN1CCN(C)CC1. The first-order valence-electron chi connectivity index (χ1n) is 39.3. The molecule has 97 heavy (non-hydrogen) atoms. The van der Waals surface area contributed by atoms with E-state index in [0.29, 0.717) is 37.6 Å². The van der Waals surface area contributed by atoms with Gasteiger partial charge in [0.15, 0.2) is 6.23 Å². The number of carbonyl (C=O) groups excluding carboxylic acids is 3. The largest absolute Gasteiger partial charge is 0.469 e. The number of aliphatic hydroxyl groups excluding tert-OH is 4. The number of likely N-dealkylation sites (N-methyl/N-ethyl adjacent to an activating group) is 5. The third kappa shape index (κ3) is 66.9. The number of piperazine rings is 2. The van der Waals surface area contributed by atoms with E-state index < -0.39 is 0 Å². The van der Waals surface area contributed by atoms with E-state index in [4.69, 9.17) is 25.2 Å². The summed E-state index contributed by atoms with van der Waals surface area (Å²) >= 11 is 0. The molecule has 1 saturated carbocycles. The number of hydrogen-bond acceptors (Lipinski definition) is 17. The van der Waals surface area contributed by atoms with Gasteiger partial charge in [0, 0.05) is 104 Å². The molecule has 4 N–H and O–H groups in total. The van der Waals surface area contributed by atoms with Gasteiger partial charge in [-0.15, -0.1) is 0 Å². The monoisotopic (exact) mass is 1390 g/mol. The van der Waals surface area contributed by atoms with Crippen molar-refractivity contribution in [1.29, 1.82) is 0 Å². The van der Waals surface area contributed by atoms with Gasteiger partial charge in [-0.2, -0.15) is 0 Å². The zero-order valence-corrected chi connectivity index (χ0v) is 69.2. The van der Waals surface area contributed by atoms with Gasteiger partial charge in [0.25, 0.3) is 6.47 Å². The maximum atomic E-state index is 10.8. The molecule has 7 heterocycles. The Bertz CT molecular complexity index is 1600. The minimum absolute atomic E-state index is 0.0440. The molecule has 18 heteroatoms. The van der Waals surface area contributed by atoms with Crippen LogP contribution in [0.4, 0.5) is 0 Å². The van der Waals surface area contributed by atoms with Crippen LogP contribution in [0.25, 0.3) is 0 Å². The summed E-state index contributed by atoms with van der Waals surface area (Å²) < 4.78 is 9.22. The van der Waals surface area contributed by atoms with Crippen molar-refractivity contribution in [3.05, 3.63) is 0 Å². The number of esters is 1. The molecular weight excluding hydrogens is 1220 g/mol. The number of β-amino-alcohol motifs (C(OH)–C–C–N with tert-alkyl or cyclic N) is 1. The number of amides is 1. The first kappa shape index (κ1) is 104. The number of unbranched alkanes of at least 4 members (excludes halogenated alkanes) is 2. The van der Waals surface area contributed by atoms with Crippen LogP contribution in [0.1, 0.15) is 259 Å². The second kappa shape index (κ2) is 69.6. The van der Waals surface area contributed by atoms with Gasteiger partial charge in [-0.25, -0.2) is 0 Å². The standard InChI is InChI=1S/C8H17N.C7H14N2O.C7H15N.C6H14N2.C6H11NO2.C6H13NO.C6H12O2.C6H14O.C6H12.C6H14.C5H11NO.C5H12O.C5H12/c1-7-5-4-6-8(2)9(7)3;1-7(10)9-5-3-8(2)4-6-9;2*1-7-3-5-8(2)6-4-7;1-7-4-2-3-6(7)9-5-8;1-7-4-2-3-6(7)5-8;1-4-5(2)6(7)8-3;1-4-5(2)6(3)7;1-2-3-6-4-5-6;1-4-5-6(2)3;1-6-3-2-5(7)4-6;1-3-5(2)4-6;1-3-5-4-2/h7-8H,4-6H2,1-3H3;3-6H2,1-2H3;7H,3-6H2,1-2H3;3-6H2,1-2H3;5-6H,2-4H2,1H3;6,8H,2-5H2,1H3;5H,4H2,1-3H3;5-7H,4H2,1-3H3;6H,2-5H2,1H3;6H,4-5H2,1-3H3;5,7H,2-4H2,1H3;5-6H,3-4H2,1-2H3;3-5H2,1-2H3. The van der Waals surface area contributed by atoms with E-state index in [2.05, 4.69) is 157 Å². The molecular formula is C79H171N9O9. The Labute approximate surface area is 603 Å². The average molecular weight is 1390 g/mol. The van der Waals surface area contributed by atoms with Gasteiger partial charge in [-0.1, -0.05) is 167 Å². The van der Waals surface area contributed by atoms with Crippen molar-refractivity contribution in [3.63, 3.8) is 0 Å². The van der Waals surface area contributed by atoms with Crippen LogP contribution in [-0.2, 0) is 23.9 Å². The molecule has 586 valence electrons. The molecule has 0 aromatic carbocycles. The Morgan fingerprint density at radius 3 is 1.23 bits per heavy atom. The smallest absolute Gasteiger partial charge is 0.308 e. The topological polar surface area (TPSA) is 180 Å². The van der Waals surface area contributed by atoms with Crippen LogP contribution in [0.2, 0.25) is 0 Å². The molecule has 9 atom stereocenters. The predicted molar refractivity (Wildman–Crippen MR) is 417 cm³/mol. The molecule has 0 bridgehead atoms. The number of methoxy groups -OCH3 is 1. The molecule has 1 aliphatic carbocycles. The fourth-order valence-electron chi connectivity index (χ4n) is 10.5. The highest BCUT2D eigenvalue weighted by Gasteiger charge is 2.23. The molecule has 9 unspecified atom stereocenters. The van der Waals surface area contributed by atoms with Crippen molar-refractivity contribution < 1.29 is 44.3 Å². The number of rotatable bonds is 15. The van der Waals surface area contributed by atoms with Crippen LogP contribution in [0.3, 0.4) is 0 Å². The summed E-state index contributed by atoms with van der Waals surface area (Å²) in [5.74, 6) is 4.11. The van der Waals surface area contributed by atoms with Crippen LogP contribution in [0.15, 0.2) is 0 Å². The number of carbonyl (C=O) groups is 3. The zero-order valence-electron chi connectivity index (χ0n) is 69.2. The molecule has 0 radical (unpaired) electrons. The van der Waals surface area contributed by atoms with Crippen LogP contribution in [0.5, 0.6) is 0 Å². The van der Waals surface area contributed by atoms with Gasteiger partial charge >= 0.3 is 5.97 Å². The lowest BCUT2D eigenvalue weighted by atomic mass is 9.99. The number of ether oxygens (including phenoxy) is 2. The van der Waals surface area contributed by atoms with E-state index in [0.717, 1.165) is 121 Å². The van der Waals surface area contributed by atoms with Crippen molar-refractivity contribution in [1.82, 2.24) is 44.1 Å². The van der Waals surface area contributed by atoms with Gasteiger partial charge in [-0.3, -0.25) is 19.3 Å². The Morgan fingerprint density at radius 1 is 0.546 bits per heavy atom. The van der Waals surface area contributed by atoms with Crippen LogP contribution in [-0.4, -0.2) is 288 Å². The summed E-state index contributed by atoms with van der Waals surface area (Å²) in [6.07, 6.45) is 28.1. The maximum Gasteiger partial charge on any atom is 0.308 e. The Kier molecular flexibility index (Phi) is 74.3. The number of aliphatic hydroxyl groups is 4. The van der Waals surface area contributed by atoms with Gasteiger partial charge in [-0.05, 0) is 191 Å². The summed E-state index contributed by atoms with van der Waals surface area (Å²) in [4.78, 5) is 51.3. The number of hydrogen-bond donors (Lipinski definition) is 4. The van der Waals surface area contributed by atoms with Gasteiger partial charge in [0.1, 0.15) is 0 Å². The first-order chi connectivity index (χ1) is 45.8. The summed E-state index contributed by atoms with van der Waals surface area (Å²) in [6.45, 7) is 52.5. The Balaban J connectivity index is -0.000000316. The fourth-order valence-corrected chi connectivity index (χ4v) is 10.5. The highest BCUT2D eigenvalue weighted by atomic mass is 16.5. The zero-order chi connectivity index (χ0) is 75.3. The molecule has 18 nitrogen and oxygen atoms in total. The van der Waals surface area contributed by atoms with E-state index in [1.54, 1.807) is 6.92 Å². The average Bonchev–Trinajstić information content (AvgIpc) is 2.09. The van der Waals surface area contributed by atoms with Gasteiger partial charge in [0.2, 0.25) is 5.91 Å². The second-order valence-electron chi connectivity index (χ2n) is 30.1. The van der Waals surface area contributed by atoms with E-state index in [-0.39, 0.29) is 36.2 Å². The van der Waals surface area contributed by atoms with Crippen LogP contribution >= 0.6 is 0 Å². The molecule has 1 amide bonds. The summed E-state index contributed by atoms with van der Waals surface area (Å²) in [5.41, 5.74) is 0. The molecule has 8 fully saturated rings. The lowest BCUT2D eigenvalue weighted by Crippen LogP contribution is -2.46. The van der Waals surface area contributed by atoms with E-state index in [9.17, 15) is 14.4 Å². The molecule has 8 aliphatic rings. The summed E-state index contributed by atoms with van der Waals surface area (Å²) in [5, 5.41) is 34.7. The molecule has 8 rings (SSSR count). The minimum atomic E-state index is -0.134. The highest BCUT2D eigenvalue weighted by Crippen LogP contribution is 2.33.